The minimum Gasteiger partial charge on any atom is -0.322 e. The van der Waals surface area contributed by atoms with Gasteiger partial charge in [0.25, 0.3) is 11.8 Å². The second-order valence-electron chi connectivity index (χ2n) is 7.31. The van der Waals surface area contributed by atoms with Crippen molar-refractivity contribution >= 4 is 23.2 Å². The van der Waals surface area contributed by atoms with Crippen LogP contribution in [0.1, 0.15) is 39.2 Å². The van der Waals surface area contributed by atoms with E-state index in [9.17, 15) is 9.59 Å². The van der Waals surface area contributed by atoms with E-state index in [1.54, 1.807) is 45.9 Å². The number of para-hydroxylation sites is 1. The number of nitrogens with one attached hydrogen (secondary N) is 2. The Kier molecular flexibility index (Phi) is 5.85. The van der Waals surface area contributed by atoms with Crippen LogP contribution in [0.2, 0.25) is 0 Å². The van der Waals surface area contributed by atoms with Crippen LogP contribution in [0.25, 0.3) is 5.69 Å². The Morgan fingerprint density at radius 3 is 2.28 bits per heavy atom. The average Bonchev–Trinajstić information content (AvgIpc) is 3.38. The molecular formula is C24H24N6O2. The van der Waals surface area contributed by atoms with Crippen LogP contribution in [0, 0.1) is 13.8 Å². The number of carbonyl (C=O) groups excluding carboxylic acids is 2. The average molecular weight is 428 g/mol. The van der Waals surface area contributed by atoms with Gasteiger partial charge < -0.3 is 10.6 Å². The van der Waals surface area contributed by atoms with Crippen LogP contribution in [0.4, 0.5) is 11.4 Å². The Balaban J connectivity index is 1.52. The second kappa shape index (κ2) is 8.89. The molecule has 8 nitrogen and oxygen atoms in total. The highest BCUT2D eigenvalue weighted by molar-refractivity contribution is 6.07. The third kappa shape index (κ3) is 4.15. The Labute approximate surface area is 185 Å². The van der Waals surface area contributed by atoms with Crippen molar-refractivity contribution < 1.29 is 9.59 Å². The monoisotopic (exact) mass is 428 g/mol. The van der Waals surface area contributed by atoms with Crippen LogP contribution >= 0.6 is 0 Å². The molecule has 4 aromatic rings. The molecule has 0 fully saturated rings. The zero-order chi connectivity index (χ0) is 22.7. The molecular weight excluding hydrogens is 404 g/mol. The summed E-state index contributed by atoms with van der Waals surface area (Å²) >= 11 is 0. The predicted octanol–water partition coefficient (Wildman–Crippen LogP) is 4.21. The van der Waals surface area contributed by atoms with Gasteiger partial charge in [-0.15, -0.1) is 0 Å². The first-order valence-corrected chi connectivity index (χ1v) is 10.3. The summed E-state index contributed by atoms with van der Waals surface area (Å²) in [7, 11) is 0. The number of hydrogen-bond acceptors (Lipinski definition) is 4. The van der Waals surface area contributed by atoms with Crippen molar-refractivity contribution in [2.24, 2.45) is 0 Å². The highest BCUT2D eigenvalue weighted by atomic mass is 16.2. The van der Waals surface area contributed by atoms with Gasteiger partial charge in [-0.2, -0.15) is 10.2 Å². The normalized spacial score (nSPS) is 10.7. The number of benzene rings is 2. The summed E-state index contributed by atoms with van der Waals surface area (Å²) in [6.07, 6.45) is 1.59. The molecule has 0 saturated heterocycles. The molecule has 0 aliphatic rings. The van der Waals surface area contributed by atoms with Crippen molar-refractivity contribution in [2.75, 3.05) is 10.6 Å². The molecule has 0 saturated carbocycles. The molecule has 0 radical (unpaired) electrons. The first kappa shape index (κ1) is 21.0. The largest absolute Gasteiger partial charge is 0.322 e. The molecule has 2 aromatic heterocycles. The topological polar surface area (TPSA) is 93.8 Å². The number of aromatic nitrogens is 4. The number of anilines is 2. The van der Waals surface area contributed by atoms with E-state index in [0.29, 0.717) is 34.9 Å². The lowest BCUT2D eigenvalue weighted by Gasteiger charge is -2.10. The molecule has 2 aromatic carbocycles. The maximum absolute atomic E-state index is 13.0. The summed E-state index contributed by atoms with van der Waals surface area (Å²) in [5.74, 6) is -0.515. The summed E-state index contributed by atoms with van der Waals surface area (Å²) < 4.78 is 3.38. The Morgan fingerprint density at radius 1 is 0.906 bits per heavy atom. The summed E-state index contributed by atoms with van der Waals surface area (Å²) in [6.45, 7) is 6.20. The molecule has 8 heteroatoms. The fraction of sp³-hybridized carbons (Fsp3) is 0.167. The third-order valence-corrected chi connectivity index (χ3v) is 5.15. The maximum atomic E-state index is 13.0. The van der Waals surface area contributed by atoms with Gasteiger partial charge >= 0.3 is 0 Å². The van der Waals surface area contributed by atoms with Crippen LogP contribution in [0.15, 0.2) is 66.9 Å². The molecule has 4 rings (SSSR count). The van der Waals surface area contributed by atoms with Gasteiger partial charge in [-0.3, -0.25) is 14.3 Å². The quantitative estimate of drug-likeness (QED) is 0.481. The number of rotatable bonds is 6. The molecule has 0 atom stereocenters. The molecule has 0 aliphatic carbocycles. The van der Waals surface area contributed by atoms with Crippen LogP contribution in [-0.4, -0.2) is 31.4 Å². The van der Waals surface area contributed by atoms with Crippen molar-refractivity contribution in [1.29, 1.82) is 0 Å². The zero-order valence-corrected chi connectivity index (χ0v) is 18.2. The lowest BCUT2D eigenvalue weighted by Crippen LogP contribution is -2.18. The van der Waals surface area contributed by atoms with E-state index in [1.807, 2.05) is 51.1 Å². The summed E-state index contributed by atoms with van der Waals surface area (Å²) in [5.41, 5.74) is 4.43. The van der Waals surface area contributed by atoms with Crippen LogP contribution in [0.3, 0.4) is 0 Å². The minimum absolute atomic E-state index is 0.255. The Bertz CT molecular complexity index is 1270. The Morgan fingerprint density at radius 2 is 1.59 bits per heavy atom. The van der Waals surface area contributed by atoms with Gasteiger partial charge in [-0.05, 0) is 57.2 Å². The minimum atomic E-state index is -0.261. The van der Waals surface area contributed by atoms with E-state index < -0.39 is 0 Å². The molecule has 0 aliphatic heterocycles. The summed E-state index contributed by atoms with van der Waals surface area (Å²) in [6, 6.07) is 18.4. The van der Waals surface area contributed by atoms with Gasteiger partial charge in [0, 0.05) is 24.1 Å². The van der Waals surface area contributed by atoms with Crippen molar-refractivity contribution in [3.05, 3.63) is 89.5 Å². The highest BCUT2D eigenvalue weighted by Gasteiger charge is 2.20. The van der Waals surface area contributed by atoms with Crippen LogP contribution < -0.4 is 10.6 Å². The van der Waals surface area contributed by atoms with E-state index in [0.717, 1.165) is 11.4 Å². The first-order chi connectivity index (χ1) is 15.5. The molecule has 2 heterocycles. The lowest BCUT2D eigenvalue weighted by atomic mass is 10.1. The standard InChI is InChI=1S/C24H24N6O2/c1-4-29-21(13-14-25-29)23(31)26-18-9-8-10-19(15-18)27-24(32)22-16(2)28-30(17(22)3)20-11-6-5-7-12-20/h5-15H,4H2,1-3H3,(H,26,31)(H,27,32). The Hall–Kier alpha value is -4.20. The molecule has 0 bridgehead atoms. The smallest absolute Gasteiger partial charge is 0.273 e. The van der Waals surface area contributed by atoms with Gasteiger partial charge in [0.2, 0.25) is 0 Å². The van der Waals surface area contributed by atoms with E-state index >= 15 is 0 Å². The lowest BCUT2D eigenvalue weighted by molar-refractivity contribution is 0.101. The highest BCUT2D eigenvalue weighted by Crippen LogP contribution is 2.21. The van der Waals surface area contributed by atoms with Crippen LogP contribution in [-0.2, 0) is 6.54 Å². The van der Waals surface area contributed by atoms with Crippen molar-refractivity contribution in [1.82, 2.24) is 19.6 Å². The number of hydrogen-bond donors (Lipinski definition) is 2. The second-order valence-corrected chi connectivity index (χ2v) is 7.31. The number of aryl methyl sites for hydroxylation is 2. The van der Waals surface area contributed by atoms with Gasteiger partial charge in [0.1, 0.15) is 5.69 Å². The third-order valence-electron chi connectivity index (χ3n) is 5.15. The van der Waals surface area contributed by atoms with Gasteiger partial charge in [-0.25, -0.2) is 4.68 Å². The van der Waals surface area contributed by atoms with E-state index in [-0.39, 0.29) is 11.8 Å². The SMILES string of the molecule is CCn1nccc1C(=O)Nc1cccc(NC(=O)c2c(C)nn(-c3ccccc3)c2C)c1. The van der Waals surface area contributed by atoms with Crippen molar-refractivity contribution in [3.63, 3.8) is 0 Å². The molecule has 162 valence electrons. The number of carbonyl (C=O) groups is 2. The van der Waals surface area contributed by atoms with Gasteiger partial charge in [-0.1, -0.05) is 24.3 Å². The number of amides is 2. The predicted molar refractivity (Wildman–Crippen MR) is 123 cm³/mol. The molecule has 32 heavy (non-hydrogen) atoms. The van der Waals surface area contributed by atoms with E-state index in [1.165, 1.54) is 0 Å². The van der Waals surface area contributed by atoms with Crippen molar-refractivity contribution in [2.45, 2.75) is 27.3 Å². The zero-order valence-electron chi connectivity index (χ0n) is 18.2. The molecule has 2 N–H and O–H groups in total. The van der Waals surface area contributed by atoms with Gasteiger partial charge in [0.15, 0.2) is 0 Å². The van der Waals surface area contributed by atoms with E-state index in [4.69, 9.17) is 0 Å². The van der Waals surface area contributed by atoms with Crippen LogP contribution in [0.5, 0.6) is 0 Å². The summed E-state index contributed by atoms with van der Waals surface area (Å²) in [4.78, 5) is 25.6. The first-order valence-electron chi connectivity index (χ1n) is 10.3. The fourth-order valence-electron chi connectivity index (χ4n) is 3.63. The van der Waals surface area contributed by atoms with E-state index in [2.05, 4.69) is 20.8 Å². The molecule has 2 amide bonds. The maximum Gasteiger partial charge on any atom is 0.273 e. The molecule has 0 unspecified atom stereocenters. The number of nitrogens with zero attached hydrogens (tertiary/aromatic N) is 4. The fourth-order valence-corrected chi connectivity index (χ4v) is 3.63. The summed E-state index contributed by atoms with van der Waals surface area (Å²) in [5, 5.41) is 14.4. The van der Waals surface area contributed by atoms with Gasteiger partial charge in [0.05, 0.1) is 22.6 Å². The van der Waals surface area contributed by atoms with Crippen molar-refractivity contribution in [3.8, 4) is 5.69 Å². The molecule has 0 spiro atoms.